The summed E-state index contributed by atoms with van der Waals surface area (Å²) in [6.07, 6.45) is 58.1. The Bertz CT molecular complexity index is 865. The van der Waals surface area contributed by atoms with Gasteiger partial charge in [0.25, 0.3) is 0 Å². The van der Waals surface area contributed by atoms with Crippen molar-refractivity contribution in [1.82, 2.24) is 0 Å². The van der Waals surface area contributed by atoms with Gasteiger partial charge in [-0.1, -0.05) is 189 Å². The SMILES string of the molecule is CC/C=C\C/C=C\C/C=C\C/C=C\C/C=C\C/C=C\CCCCCCCCC(=O)OC(CO)COCCCCCCCCCCCCCCC. The number of ether oxygens (including phenoxy) is 2. The lowest BCUT2D eigenvalue weighted by Crippen LogP contribution is -2.27. The van der Waals surface area contributed by atoms with Gasteiger partial charge in [-0.15, -0.1) is 0 Å². The van der Waals surface area contributed by atoms with Crippen molar-refractivity contribution in [3.8, 4) is 0 Å². The first kappa shape index (κ1) is 47.8. The predicted octanol–water partition coefficient (Wildman–Crippen LogP) is 13.8. The first-order valence-electron chi connectivity index (χ1n) is 21.0. The molecule has 0 amide bonds. The highest BCUT2D eigenvalue weighted by atomic mass is 16.6. The summed E-state index contributed by atoms with van der Waals surface area (Å²) in [4.78, 5) is 12.2. The number of carbonyl (C=O) groups excluding carboxylic acids is 1. The van der Waals surface area contributed by atoms with Gasteiger partial charge in [-0.3, -0.25) is 4.79 Å². The Morgan fingerprint density at radius 3 is 1.36 bits per heavy atom. The summed E-state index contributed by atoms with van der Waals surface area (Å²) in [5, 5.41) is 9.58. The molecule has 1 unspecified atom stereocenters. The number of aliphatic hydroxyl groups is 1. The molecule has 0 saturated carbocycles. The largest absolute Gasteiger partial charge is 0.457 e. The Labute approximate surface area is 310 Å². The van der Waals surface area contributed by atoms with Gasteiger partial charge in [0.05, 0.1) is 13.2 Å². The van der Waals surface area contributed by atoms with E-state index in [1.54, 1.807) is 0 Å². The van der Waals surface area contributed by atoms with Crippen molar-refractivity contribution in [1.29, 1.82) is 0 Å². The second-order valence-electron chi connectivity index (χ2n) is 13.7. The van der Waals surface area contributed by atoms with Gasteiger partial charge < -0.3 is 14.6 Å². The van der Waals surface area contributed by atoms with Crippen LogP contribution in [0.5, 0.6) is 0 Å². The standard InChI is InChI=1S/C46H80O4/c1-3-5-7-9-11-13-15-17-18-19-20-21-22-23-24-25-26-27-28-29-31-33-35-37-39-41-46(48)50-45(43-47)44-49-42-40-38-36-34-32-30-16-14-12-10-8-6-4-2/h5,7,11,13,17-18,20-21,23-24,26-27,45,47H,3-4,6,8-10,12,14-16,19,22,25,28-44H2,1-2H3/b7-5-,13-11-,18-17-,21-20-,24-23-,27-26-. The van der Waals surface area contributed by atoms with Crippen molar-refractivity contribution in [2.75, 3.05) is 19.8 Å². The molecule has 0 fully saturated rings. The second-order valence-corrected chi connectivity index (χ2v) is 13.7. The highest BCUT2D eigenvalue weighted by Gasteiger charge is 2.13. The molecule has 50 heavy (non-hydrogen) atoms. The minimum Gasteiger partial charge on any atom is -0.457 e. The van der Waals surface area contributed by atoms with Gasteiger partial charge in [0.15, 0.2) is 0 Å². The molecule has 0 bridgehead atoms. The second kappa shape index (κ2) is 43.0. The van der Waals surface area contributed by atoms with Crippen LogP contribution in [0.1, 0.15) is 187 Å². The van der Waals surface area contributed by atoms with E-state index >= 15 is 0 Å². The van der Waals surface area contributed by atoms with Gasteiger partial charge in [-0.2, -0.15) is 0 Å². The average molecular weight is 697 g/mol. The zero-order valence-electron chi connectivity index (χ0n) is 32.9. The third-order valence-electron chi connectivity index (χ3n) is 8.80. The highest BCUT2D eigenvalue weighted by molar-refractivity contribution is 5.69. The van der Waals surface area contributed by atoms with E-state index in [-0.39, 0.29) is 19.2 Å². The predicted molar refractivity (Wildman–Crippen MR) is 219 cm³/mol. The lowest BCUT2D eigenvalue weighted by Gasteiger charge is -2.16. The monoisotopic (exact) mass is 697 g/mol. The molecule has 4 heteroatoms. The van der Waals surface area contributed by atoms with Crippen molar-refractivity contribution in [3.63, 3.8) is 0 Å². The molecule has 0 saturated heterocycles. The molecule has 4 nitrogen and oxygen atoms in total. The fraction of sp³-hybridized carbons (Fsp3) is 0.717. The molecule has 0 rings (SSSR count). The number of carbonyl (C=O) groups is 1. The van der Waals surface area contributed by atoms with Crippen LogP contribution in [0.25, 0.3) is 0 Å². The fourth-order valence-corrected chi connectivity index (χ4v) is 5.68. The molecule has 0 aromatic rings. The maximum absolute atomic E-state index is 12.2. The Hall–Kier alpha value is -2.17. The lowest BCUT2D eigenvalue weighted by molar-refractivity contribution is -0.154. The Kier molecular flexibility index (Phi) is 41.1. The summed E-state index contributed by atoms with van der Waals surface area (Å²) in [7, 11) is 0. The summed E-state index contributed by atoms with van der Waals surface area (Å²) < 4.78 is 11.1. The number of unbranched alkanes of at least 4 members (excludes halogenated alkanes) is 18. The summed E-state index contributed by atoms with van der Waals surface area (Å²) in [5.41, 5.74) is 0. The maximum atomic E-state index is 12.2. The van der Waals surface area contributed by atoms with E-state index < -0.39 is 6.10 Å². The molecular formula is C46H80O4. The summed E-state index contributed by atoms with van der Waals surface area (Å²) >= 11 is 0. The van der Waals surface area contributed by atoms with Gasteiger partial charge >= 0.3 is 5.97 Å². The number of rotatable bonds is 38. The molecule has 0 aliphatic carbocycles. The van der Waals surface area contributed by atoms with Gasteiger partial charge in [0.2, 0.25) is 0 Å². The molecule has 0 radical (unpaired) electrons. The van der Waals surface area contributed by atoms with E-state index in [1.807, 2.05) is 0 Å². The molecule has 1 atom stereocenters. The maximum Gasteiger partial charge on any atom is 0.306 e. The minimum atomic E-state index is -0.543. The molecular weight excluding hydrogens is 617 g/mol. The molecule has 0 aromatic heterocycles. The number of hydrogen-bond acceptors (Lipinski definition) is 4. The Balaban J connectivity index is 3.52. The van der Waals surface area contributed by atoms with E-state index in [4.69, 9.17) is 9.47 Å². The van der Waals surface area contributed by atoms with E-state index in [1.165, 1.54) is 96.3 Å². The van der Waals surface area contributed by atoms with Crippen LogP contribution in [0.4, 0.5) is 0 Å². The van der Waals surface area contributed by atoms with Crippen molar-refractivity contribution < 1.29 is 19.4 Å². The van der Waals surface area contributed by atoms with E-state index in [2.05, 4.69) is 86.8 Å². The van der Waals surface area contributed by atoms with E-state index in [9.17, 15) is 9.90 Å². The van der Waals surface area contributed by atoms with Crippen LogP contribution in [0.3, 0.4) is 0 Å². The average Bonchev–Trinajstić information content (AvgIpc) is 3.12. The van der Waals surface area contributed by atoms with Crippen LogP contribution in [-0.2, 0) is 14.3 Å². The highest BCUT2D eigenvalue weighted by Crippen LogP contribution is 2.13. The van der Waals surface area contributed by atoms with Crippen LogP contribution in [0.15, 0.2) is 72.9 Å². The Morgan fingerprint density at radius 1 is 0.500 bits per heavy atom. The first-order valence-corrected chi connectivity index (χ1v) is 21.0. The molecule has 0 aliphatic rings. The molecule has 0 aliphatic heterocycles. The van der Waals surface area contributed by atoms with Crippen LogP contribution >= 0.6 is 0 Å². The topological polar surface area (TPSA) is 55.8 Å². The number of esters is 1. The van der Waals surface area contributed by atoms with Crippen LogP contribution in [-0.4, -0.2) is 37.0 Å². The third-order valence-corrected chi connectivity index (χ3v) is 8.80. The van der Waals surface area contributed by atoms with Crippen LogP contribution in [0.2, 0.25) is 0 Å². The minimum absolute atomic E-state index is 0.179. The molecule has 0 aromatic carbocycles. The van der Waals surface area contributed by atoms with Gasteiger partial charge in [-0.25, -0.2) is 0 Å². The first-order chi connectivity index (χ1) is 24.7. The molecule has 0 spiro atoms. The van der Waals surface area contributed by atoms with Crippen molar-refractivity contribution in [2.45, 2.75) is 193 Å². The van der Waals surface area contributed by atoms with E-state index in [0.717, 1.165) is 70.6 Å². The molecule has 1 N–H and O–H groups in total. The van der Waals surface area contributed by atoms with Crippen LogP contribution < -0.4 is 0 Å². The summed E-state index contributed by atoms with van der Waals surface area (Å²) in [6, 6.07) is 0. The number of aliphatic hydroxyl groups excluding tert-OH is 1. The summed E-state index contributed by atoms with van der Waals surface area (Å²) in [6.45, 7) is 5.22. The Morgan fingerprint density at radius 2 is 0.900 bits per heavy atom. The van der Waals surface area contributed by atoms with Gasteiger partial charge in [0, 0.05) is 13.0 Å². The van der Waals surface area contributed by atoms with Crippen molar-refractivity contribution in [3.05, 3.63) is 72.9 Å². The molecule has 288 valence electrons. The zero-order chi connectivity index (χ0) is 36.3. The number of allylic oxidation sites excluding steroid dienone is 12. The third kappa shape index (κ3) is 40.3. The number of hydrogen-bond donors (Lipinski definition) is 1. The molecule has 0 heterocycles. The summed E-state index contributed by atoms with van der Waals surface area (Å²) in [5.74, 6) is -0.216. The van der Waals surface area contributed by atoms with Crippen molar-refractivity contribution in [2.24, 2.45) is 0 Å². The lowest BCUT2D eigenvalue weighted by atomic mass is 10.0. The van der Waals surface area contributed by atoms with Gasteiger partial charge in [-0.05, 0) is 64.2 Å². The van der Waals surface area contributed by atoms with E-state index in [0.29, 0.717) is 13.0 Å². The van der Waals surface area contributed by atoms with Crippen molar-refractivity contribution >= 4 is 5.97 Å². The fourth-order valence-electron chi connectivity index (χ4n) is 5.68. The zero-order valence-corrected chi connectivity index (χ0v) is 32.9. The quantitative estimate of drug-likeness (QED) is 0.0397. The smallest absolute Gasteiger partial charge is 0.306 e. The van der Waals surface area contributed by atoms with Gasteiger partial charge in [0.1, 0.15) is 6.10 Å². The normalized spacial score (nSPS) is 13.1. The van der Waals surface area contributed by atoms with Crippen LogP contribution in [0, 0.1) is 0 Å².